The number of likely N-dealkylation sites (tertiary alicyclic amines) is 2. The Morgan fingerprint density at radius 3 is 2.38 bits per heavy atom. The predicted octanol–water partition coefficient (Wildman–Crippen LogP) is 3.91. The van der Waals surface area contributed by atoms with Crippen LogP contribution in [0.1, 0.15) is 36.3 Å². The van der Waals surface area contributed by atoms with Crippen molar-refractivity contribution in [3.8, 4) is 0 Å². The van der Waals surface area contributed by atoms with Gasteiger partial charge in [0.05, 0.1) is 5.92 Å². The summed E-state index contributed by atoms with van der Waals surface area (Å²) in [6, 6.07) is 21.2. The highest BCUT2D eigenvalue weighted by Gasteiger charge is 2.33. The lowest BCUT2D eigenvalue weighted by Gasteiger charge is -2.34. The highest BCUT2D eigenvalue weighted by molar-refractivity contribution is 5.79. The third kappa shape index (κ3) is 3.99. The number of rotatable bonds is 4. The summed E-state index contributed by atoms with van der Waals surface area (Å²) in [4.78, 5) is 17.6. The van der Waals surface area contributed by atoms with Crippen LogP contribution in [0.5, 0.6) is 0 Å². The minimum absolute atomic E-state index is 0.169. The standard InChI is InChI=1S/C23H28N2O/c26-23(25-15-13-21(18-25)20-10-5-2-6-11-20)22-12-7-14-24(17-22)16-19-8-3-1-4-9-19/h1-6,8-11,21-22H,7,12-18H2/t21-,22-/m1/s1. The van der Waals surface area contributed by atoms with Gasteiger partial charge < -0.3 is 4.90 Å². The molecule has 4 rings (SSSR count). The number of carbonyl (C=O) groups is 1. The van der Waals surface area contributed by atoms with Crippen LogP contribution < -0.4 is 0 Å². The smallest absolute Gasteiger partial charge is 0.226 e. The van der Waals surface area contributed by atoms with E-state index >= 15 is 0 Å². The average Bonchev–Trinajstić information content (AvgIpc) is 3.19. The van der Waals surface area contributed by atoms with Crippen LogP contribution in [-0.4, -0.2) is 41.9 Å². The van der Waals surface area contributed by atoms with Crippen molar-refractivity contribution in [2.45, 2.75) is 31.7 Å². The number of piperidine rings is 1. The maximum absolute atomic E-state index is 13.1. The van der Waals surface area contributed by atoms with E-state index < -0.39 is 0 Å². The summed E-state index contributed by atoms with van der Waals surface area (Å²) in [6.07, 6.45) is 3.26. The van der Waals surface area contributed by atoms with Crippen LogP contribution in [0.2, 0.25) is 0 Å². The normalized spacial score (nSPS) is 23.9. The van der Waals surface area contributed by atoms with Crippen molar-refractivity contribution < 1.29 is 4.79 Å². The summed E-state index contributed by atoms with van der Waals surface area (Å²) in [5, 5.41) is 0. The number of amides is 1. The fourth-order valence-electron chi connectivity index (χ4n) is 4.46. The van der Waals surface area contributed by atoms with Gasteiger partial charge in [0, 0.05) is 32.1 Å². The lowest BCUT2D eigenvalue weighted by atomic mass is 9.96. The number of hydrogen-bond acceptors (Lipinski definition) is 2. The van der Waals surface area contributed by atoms with Crippen molar-refractivity contribution >= 4 is 5.91 Å². The number of nitrogens with zero attached hydrogens (tertiary/aromatic N) is 2. The maximum Gasteiger partial charge on any atom is 0.226 e. The first-order valence-corrected chi connectivity index (χ1v) is 9.89. The van der Waals surface area contributed by atoms with Crippen molar-refractivity contribution in [3.05, 3.63) is 71.8 Å². The monoisotopic (exact) mass is 348 g/mol. The molecule has 0 aromatic heterocycles. The molecule has 0 radical (unpaired) electrons. The molecule has 1 amide bonds. The Hall–Kier alpha value is -2.13. The molecule has 2 atom stereocenters. The quantitative estimate of drug-likeness (QED) is 0.836. The Morgan fingerprint density at radius 1 is 0.885 bits per heavy atom. The van der Waals surface area contributed by atoms with E-state index in [0.717, 1.165) is 52.0 Å². The van der Waals surface area contributed by atoms with Crippen LogP contribution >= 0.6 is 0 Å². The summed E-state index contributed by atoms with van der Waals surface area (Å²) in [6.45, 7) is 4.76. The van der Waals surface area contributed by atoms with Gasteiger partial charge in [-0.2, -0.15) is 0 Å². The first-order chi connectivity index (χ1) is 12.8. The molecular formula is C23H28N2O. The molecule has 0 bridgehead atoms. The molecule has 0 spiro atoms. The van der Waals surface area contributed by atoms with E-state index in [0.29, 0.717) is 11.8 Å². The van der Waals surface area contributed by atoms with Gasteiger partial charge in [-0.15, -0.1) is 0 Å². The highest BCUT2D eigenvalue weighted by atomic mass is 16.2. The van der Waals surface area contributed by atoms with Crippen LogP contribution in [-0.2, 0) is 11.3 Å². The van der Waals surface area contributed by atoms with Crippen LogP contribution in [0.25, 0.3) is 0 Å². The predicted molar refractivity (Wildman–Crippen MR) is 105 cm³/mol. The second-order valence-corrected chi connectivity index (χ2v) is 7.74. The van der Waals surface area contributed by atoms with E-state index in [4.69, 9.17) is 0 Å². The number of carbonyl (C=O) groups excluding carboxylic acids is 1. The molecule has 26 heavy (non-hydrogen) atoms. The summed E-state index contributed by atoms with van der Waals surface area (Å²) < 4.78 is 0. The molecule has 136 valence electrons. The van der Waals surface area contributed by atoms with Crippen LogP contribution in [0.15, 0.2) is 60.7 Å². The van der Waals surface area contributed by atoms with Gasteiger partial charge in [-0.3, -0.25) is 9.69 Å². The van der Waals surface area contributed by atoms with E-state index in [1.54, 1.807) is 0 Å². The van der Waals surface area contributed by atoms with Gasteiger partial charge in [0.25, 0.3) is 0 Å². The first kappa shape index (κ1) is 17.3. The molecule has 2 heterocycles. The fraction of sp³-hybridized carbons (Fsp3) is 0.435. The zero-order valence-corrected chi connectivity index (χ0v) is 15.4. The van der Waals surface area contributed by atoms with E-state index in [9.17, 15) is 4.79 Å². The lowest BCUT2D eigenvalue weighted by Crippen LogP contribution is -2.43. The summed E-state index contributed by atoms with van der Waals surface area (Å²) in [5.74, 6) is 1.05. The fourth-order valence-corrected chi connectivity index (χ4v) is 4.46. The molecule has 2 aliphatic rings. The molecule has 2 saturated heterocycles. The maximum atomic E-state index is 13.1. The Kier molecular flexibility index (Phi) is 5.35. The van der Waals surface area contributed by atoms with Gasteiger partial charge in [-0.25, -0.2) is 0 Å². The third-order valence-corrected chi connectivity index (χ3v) is 5.87. The van der Waals surface area contributed by atoms with Gasteiger partial charge in [-0.05, 0) is 36.9 Å². The average molecular weight is 348 g/mol. The van der Waals surface area contributed by atoms with Crippen molar-refractivity contribution in [1.29, 1.82) is 0 Å². The van der Waals surface area contributed by atoms with Crippen LogP contribution in [0, 0.1) is 5.92 Å². The van der Waals surface area contributed by atoms with Crippen molar-refractivity contribution in [2.24, 2.45) is 5.92 Å². The molecular weight excluding hydrogens is 320 g/mol. The zero-order valence-electron chi connectivity index (χ0n) is 15.4. The van der Waals surface area contributed by atoms with Gasteiger partial charge >= 0.3 is 0 Å². The van der Waals surface area contributed by atoms with Crippen molar-refractivity contribution in [1.82, 2.24) is 9.80 Å². The summed E-state index contributed by atoms with van der Waals surface area (Å²) in [7, 11) is 0. The largest absolute Gasteiger partial charge is 0.342 e. The number of benzene rings is 2. The van der Waals surface area contributed by atoms with E-state index in [1.165, 1.54) is 11.1 Å². The van der Waals surface area contributed by atoms with Crippen molar-refractivity contribution in [2.75, 3.05) is 26.2 Å². The van der Waals surface area contributed by atoms with Gasteiger partial charge in [-0.1, -0.05) is 60.7 Å². The van der Waals surface area contributed by atoms with E-state index in [-0.39, 0.29) is 5.92 Å². The summed E-state index contributed by atoms with van der Waals surface area (Å²) in [5.41, 5.74) is 2.71. The van der Waals surface area contributed by atoms with Gasteiger partial charge in [0.2, 0.25) is 5.91 Å². The first-order valence-electron chi connectivity index (χ1n) is 9.89. The summed E-state index contributed by atoms with van der Waals surface area (Å²) >= 11 is 0. The minimum Gasteiger partial charge on any atom is -0.342 e. The SMILES string of the molecule is O=C([C@@H]1CCCN(Cc2ccccc2)C1)N1CC[C@@H](c2ccccc2)C1. The molecule has 3 nitrogen and oxygen atoms in total. The van der Waals surface area contributed by atoms with Crippen molar-refractivity contribution in [3.63, 3.8) is 0 Å². The topological polar surface area (TPSA) is 23.6 Å². The highest BCUT2D eigenvalue weighted by Crippen LogP contribution is 2.29. The van der Waals surface area contributed by atoms with Crippen LogP contribution in [0.3, 0.4) is 0 Å². The molecule has 0 N–H and O–H groups in total. The molecule has 2 aromatic carbocycles. The molecule has 2 aliphatic heterocycles. The molecule has 0 aliphatic carbocycles. The Balaban J connectivity index is 1.34. The number of hydrogen-bond donors (Lipinski definition) is 0. The molecule has 0 unspecified atom stereocenters. The second-order valence-electron chi connectivity index (χ2n) is 7.74. The van der Waals surface area contributed by atoms with E-state index in [1.807, 2.05) is 0 Å². The zero-order chi connectivity index (χ0) is 17.8. The molecule has 0 saturated carbocycles. The third-order valence-electron chi connectivity index (χ3n) is 5.87. The lowest BCUT2D eigenvalue weighted by molar-refractivity contribution is -0.136. The van der Waals surface area contributed by atoms with E-state index in [2.05, 4.69) is 70.5 Å². The van der Waals surface area contributed by atoms with Gasteiger partial charge in [0.1, 0.15) is 0 Å². The Labute approximate surface area is 156 Å². The minimum atomic E-state index is 0.169. The molecule has 3 heteroatoms. The Morgan fingerprint density at radius 2 is 1.62 bits per heavy atom. The second kappa shape index (κ2) is 8.05. The molecule has 2 fully saturated rings. The van der Waals surface area contributed by atoms with Gasteiger partial charge in [0.15, 0.2) is 0 Å². The van der Waals surface area contributed by atoms with Crippen LogP contribution in [0.4, 0.5) is 0 Å². The molecule has 2 aromatic rings. The Bertz CT molecular complexity index is 716.